The van der Waals surface area contributed by atoms with E-state index in [9.17, 15) is 9.65 Å². The first kappa shape index (κ1) is 17.5. The predicted molar refractivity (Wildman–Crippen MR) is 107 cm³/mol. The summed E-state index contributed by atoms with van der Waals surface area (Å²) in [6, 6.07) is 15.2. The third kappa shape index (κ3) is 3.25. The largest absolute Gasteiger partial charge is 0.441 e. The van der Waals surface area contributed by atoms with Gasteiger partial charge in [-0.15, -0.1) is 0 Å². The van der Waals surface area contributed by atoms with Gasteiger partial charge >= 0.3 is 0 Å². The highest BCUT2D eigenvalue weighted by atomic mass is 19.1. The Morgan fingerprint density at radius 1 is 1.14 bits per heavy atom. The molecule has 0 spiro atoms. The number of nitrogens with zero attached hydrogens (tertiary/aromatic N) is 4. The molecule has 142 valence electrons. The number of oxazole rings is 1. The quantitative estimate of drug-likeness (QED) is 0.480. The molecule has 1 aliphatic rings. The topological polar surface area (TPSA) is 75.6 Å². The first-order chi connectivity index (χ1) is 14.1. The zero-order valence-electron chi connectivity index (χ0n) is 15.6. The first-order valence-electron chi connectivity index (χ1n) is 9.54. The molecule has 0 atom stereocenters. The van der Waals surface area contributed by atoms with E-state index >= 15 is 0 Å². The fourth-order valence-electron chi connectivity index (χ4n) is 3.68. The third-order valence-electron chi connectivity index (χ3n) is 5.43. The molecule has 0 saturated heterocycles. The van der Waals surface area contributed by atoms with Gasteiger partial charge in [-0.1, -0.05) is 18.2 Å². The second kappa shape index (κ2) is 6.78. The number of fused-ring (bicyclic) bond motifs is 1. The zero-order valence-corrected chi connectivity index (χ0v) is 15.6. The molecule has 3 aromatic heterocycles. The Morgan fingerprint density at radius 3 is 2.83 bits per heavy atom. The van der Waals surface area contributed by atoms with Gasteiger partial charge in [-0.3, -0.25) is 4.98 Å². The molecule has 0 amide bonds. The van der Waals surface area contributed by atoms with Crippen molar-refractivity contribution < 1.29 is 8.81 Å². The Kier molecular flexibility index (Phi) is 4.09. The molecular formula is C23H17FN4O. The van der Waals surface area contributed by atoms with Crippen LogP contribution in [0.5, 0.6) is 0 Å². The first-order valence-corrected chi connectivity index (χ1v) is 9.54. The number of benzene rings is 1. The number of alkyl halides is 1. The van der Waals surface area contributed by atoms with Crippen LogP contribution in [0.4, 0.5) is 4.39 Å². The highest BCUT2D eigenvalue weighted by Gasteiger charge is 2.38. The summed E-state index contributed by atoms with van der Waals surface area (Å²) in [5.74, 6) is 0.897. The van der Waals surface area contributed by atoms with Gasteiger partial charge in [0.1, 0.15) is 17.4 Å². The van der Waals surface area contributed by atoms with E-state index in [1.807, 2.05) is 30.3 Å². The van der Waals surface area contributed by atoms with Crippen molar-refractivity contribution in [1.29, 1.82) is 5.26 Å². The molecule has 4 aromatic rings. The van der Waals surface area contributed by atoms with Crippen LogP contribution < -0.4 is 0 Å². The van der Waals surface area contributed by atoms with Gasteiger partial charge in [0, 0.05) is 22.7 Å². The second-order valence-electron chi connectivity index (χ2n) is 7.41. The Morgan fingerprint density at radius 2 is 2.03 bits per heavy atom. The van der Waals surface area contributed by atoms with E-state index in [1.54, 1.807) is 24.5 Å². The second-order valence-corrected chi connectivity index (χ2v) is 7.41. The monoisotopic (exact) mass is 384 g/mol. The summed E-state index contributed by atoms with van der Waals surface area (Å²) < 4.78 is 20.3. The number of pyridine rings is 2. The van der Waals surface area contributed by atoms with Gasteiger partial charge in [0.25, 0.3) is 0 Å². The molecule has 1 saturated carbocycles. The summed E-state index contributed by atoms with van der Waals surface area (Å²) in [6.45, 7) is 0. The van der Waals surface area contributed by atoms with Crippen molar-refractivity contribution >= 4 is 10.9 Å². The number of rotatable bonds is 4. The molecule has 0 aliphatic heterocycles. The summed E-state index contributed by atoms with van der Waals surface area (Å²) >= 11 is 0. The molecule has 1 aliphatic carbocycles. The fourth-order valence-corrected chi connectivity index (χ4v) is 3.68. The number of hydrogen-bond acceptors (Lipinski definition) is 5. The number of nitriles is 1. The SMILES string of the molecule is N#Cc1ccc(-c2cnc(CC3(F)CCC3)o2)c(-c2ccc3cccnc3c2)n1. The van der Waals surface area contributed by atoms with Crippen LogP contribution in [0.2, 0.25) is 0 Å². The molecule has 1 aromatic carbocycles. The van der Waals surface area contributed by atoms with E-state index in [1.165, 1.54) is 0 Å². The van der Waals surface area contributed by atoms with Gasteiger partial charge in [-0.2, -0.15) is 5.26 Å². The maximum absolute atomic E-state index is 14.4. The van der Waals surface area contributed by atoms with Crippen molar-refractivity contribution in [3.05, 3.63) is 66.4 Å². The van der Waals surface area contributed by atoms with Crippen molar-refractivity contribution in [2.45, 2.75) is 31.4 Å². The molecule has 5 nitrogen and oxygen atoms in total. The van der Waals surface area contributed by atoms with E-state index < -0.39 is 5.67 Å². The third-order valence-corrected chi connectivity index (χ3v) is 5.43. The minimum atomic E-state index is -1.20. The lowest BCUT2D eigenvalue weighted by Crippen LogP contribution is -2.34. The zero-order chi connectivity index (χ0) is 19.8. The summed E-state index contributed by atoms with van der Waals surface area (Å²) in [6.07, 6.45) is 5.54. The minimum absolute atomic E-state index is 0.186. The number of aromatic nitrogens is 3. The number of hydrogen-bond donors (Lipinski definition) is 0. The lowest BCUT2D eigenvalue weighted by molar-refractivity contribution is 0.0571. The highest BCUT2D eigenvalue weighted by molar-refractivity contribution is 5.87. The van der Waals surface area contributed by atoms with Crippen molar-refractivity contribution in [1.82, 2.24) is 15.0 Å². The maximum Gasteiger partial charge on any atom is 0.198 e. The molecule has 0 unspecified atom stereocenters. The van der Waals surface area contributed by atoms with Crippen LogP contribution in [-0.4, -0.2) is 20.6 Å². The Balaban J connectivity index is 1.58. The van der Waals surface area contributed by atoms with Crippen molar-refractivity contribution in [3.8, 4) is 28.7 Å². The van der Waals surface area contributed by atoms with E-state index in [4.69, 9.17) is 4.42 Å². The average Bonchev–Trinajstić information content (AvgIpc) is 3.20. The normalized spacial score (nSPS) is 15.0. The lowest BCUT2D eigenvalue weighted by atomic mass is 9.80. The van der Waals surface area contributed by atoms with E-state index in [-0.39, 0.29) is 6.42 Å². The van der Waals surface area contributed by atoms with E-state index in [0.717, 1.165) is 22.9 Å². The van der Waals surface area contributed by atoms with Crippen LogP contribution >= 0.6 is 0 Å². The average molecular weight is 384 g/mol. The standard InChI is InChI=1S/C23H17FN4O/c24-23(8-2-9-23)12-21-27-14-20(29-21)18-7-6-17(13-25)28-22(18)16-5-4-15-3-1-10-26-19(15)11-16/h1,3-7,10-11,14H,2,8-9,12H2. The van der Waals surface area contributed by atoms with Crippen molar-refractivity contribution in [2.75, 3.05) is 0 Å². The maximum atomic E-state index is 14.4. The summed E-state index contributed by atoms with van der Waals surface area (Å²) in [7, 11) is 0. The van der Waals surface area contributed by atoms with Gasteiger partial charge in [-0.05, 0) is 43.5 Å². The predicted octanol–water partition coefficient (Wildman–Crippen LogP) is 5.26. The van der Waals surface area contributed by atoms with Crippen LogP contribution in [0.3, 0.4) is 0 Å². The Hall–Kier alpha value is -3.59. The summed E-state index contributed by atoms with van der Waals surface area (Å²) in [4.78, 5) is 13.2. The van der Waals surface area contributed by atoms with Gasteiger partial charge in [0.05, 0.1) is 23.8 Å². The fraction of sp³-hybridized carbons (Fsp3) is 0.217. The molecule has 3 heterocycles. The number of halogens is 1. The van der Waals surface area contributed by atoms with Gasteiger partial charge in [0.2, 0.25) is 0 Å². The van der Waals surface area contributed by atoms with Crippen molar-refractivity contribution in [3.63, 3.8) is 0 Å². The van der Waals surface area contributed by atoms with Crippen LogP contribution in [0.25, 0.3) is 33.5 Å². The molecular weight excluding hydrogens is 367 g/mol. The van der Waals surface area contributed by atoms with Crippen molar-refractivity contribution in [2.24, 2.45) is 0 Å². The van der Waals surface area contributed by atoms with Crippen LogP contribution in [0, 0.1) is 11.3 Å². The Bertz CT molecular complexity index is 1250. The molecule has 29 heavy (non-hydrogen) atoms. The lowest BCUT2D eigenvalue weighted by Gasteiger charge is -2.32. The summed E-state index contributed by atoms with van der Waals surface area (Å²) in [5.41, 5.74) is 2.09. The van der Waals surface area contributed by atoms with Gasteiger partial charge < -0.3 is 4.42 Å². The molecule has 0 N–H and O–H groups in total. The van der Waals surface area contributed by atoms with Gasteiger partial charge in [-0.25, -0.2) is 14.4 Å². The molecule has 6 heteroatoms. The van der Waals surface area contributed by atoms with Gasteiger partial charge in [0.15, 0.2) is 11.7 Å². The molecule has 5 rings (SSSR count). The van der Waals surface area contributed by atoms with Crippen LogP contribution in [0.1, 0.15) is 30.8 Å². The van der Waals surface area contributed by atoms with Crippen LogP contribution in [-0.2, 0) is 6.42 Å². The Labute approximate surface area is 166 Å². The van der Waals surface area contributed by atoms with Crippen LogP contribution in [0.15, 0.2) is 59.3 Å². The molecule has 1 fully saturated rings. The molecule has 0 radical (unpaired) electrons. The van der Waals surface area contributed by atoms with E-state index in [2.05, 4.69) is 21.0 Å². The van der Waals surface area contributed by atoms with E-state index in [0.29, 0.717) is 41.4 Å². The highest BCUT2D eigenvalue weighted by Crippen LogP contribution is 2.39. The minimum Gasteiger partial charge on any atom is -0.441 e. The summed E-state index contributed by atoms with van der Waals surface area (Å²) in [5, 5.41) is 10.3. The smallest absolute Gasteiger partial charge is 0.198 e. The molecule has 0 bridgehead atoms.